The van der Waals surface area contributed by atoms with Gasteiger partial charge in [0.15, 0.2) is 0 Å². The van der Waals surface area contributed by atoms with Crippen LogP contribution in [-0.2, 0) is 6.54 Å². The monoisotopic (exact) mass is 321 g/mol. The fourth-order valence-electron chi connectivity index (χ4n) is 1.25. The maximum Gasteiger partial charge on any atom is 0.0399 e. The van der Waals surface area contributed by atoms with Gasteiger partial charge in [0, 0.05) is 26.5 Å². The van der Waals surface area contributed by atoms with Gasteiger partial charge in [0.2, 0.25) is 0 Å². The molecule has 1 heterocycles. The van der Waals surface area contributed by atoms with Gasteiger partial charge in [0.1, 0.15) is 0 Å². The van der Waals surface area contributed by atoms with Gasteiger partial charge in [-0.3, -0.25) is 0 Å². The highest BCUT2D eigenvalue weighted by atomic mass is 79.9. The Balaban J connectivity index is 0.000000845. The summed E-state index contributed by atoms with van der Waals surface area (Å²) in [6, 6.07) is 6.22. The molecule has 0 bridgehead atoms. The molecule has 0 aliphatic rings. The van der Waals surface area contributed by atoms with Crippen LogP contribution < -0.4 is 5.73 Å². The second-order valence-electron chi connectivity index (χ2n) is 2.58. The molecule has 0 radical (unpaired) electrons. The Morgan fingerprint density at radius 1 is 1.38 bits per heavy atom. The Kier molecular flexibility index (Phi) is 3.91. The van der Waals surface area contributed by atoms with E-state index in [1.165, 1.54) is 15.6 Å². The Labute approximate surface area is 99.8 Å². The Bertz CT molecular complexity index is 411. The molecule has 0 aliphatic carbocycles. The van der Waals surface area contributed by atoms with Gasteiger partial charge in [-0.2, -0.15) is 0 Å². The number of benzene rings is 1. The first-order chi connectivity index (χ1) is 5.83. The SMILES string of the molecule is Br.NCc1cccc2c(Br)csc12. The topological polar surface area (TPSA) is 26.0 Å². The predicted octanol–water partition coefficient (Wildman–Crippen LogP) is 3.70. The highest BCUT2D eigenvalue weighted by molar-refractivity contribution is 9.10. The lowest BCUT2D eigenvalue weighted by atomic mass is 10.2. The molecule has 0 aliphatic heterocycles. The van der Waals surface area contributed by atoms with Crippen LogP contribution in [0.1, 0.15) is 5.56 Å². The van der Waals surface area contributed by atoms with Gasteiger partial charge in [0.05, 0.1) is 0 Å². The van der Waals surface area contributed by atoms with Crippen LogP contribution in [0.25, 0.3) is 10.1 Å². The van der Waals surface area contributed by atoms with Gasteiger partial charge in [0.25, 0.3) is 0 Å². The average molecular weight is 323 g/mol. The smallest absolute Gasteiger partial charge is 0.0399 e. The van der Waals surface area contributed by atoms with E-state index in [1.807, 2.05) is 6.07 Å². The van der Waals surface area contributed by atoms with Crippen LogP contribution >= 0.6 is 44.2 Å². The van der Waals surface area contributed by atoms with E-state index in [1.54, 1.807) is 11.3 Å². The number of rotatable bonds is 1. The number of nitrogens with two attached hydrogens (primary N) is 1. The van der Waals surface area contributed by atoms with E-state index in [0.29, 0.717) is 6.54 Å². The van der Waals surface area contributed by atoms with Crippen molar-refractivity contribution in [1.29, 1.82) is 0 Å². The van der Waals surface area contributed by atoms with Crippen molar-refractivity contribution in [2.75, 3.05) is 0 Å². The zero-order chi connectivity index (χ0) is 8.55. The van der Waals surface area contributed by atoms with Crippen LogP contribution in [0.15, 0.2) is 28.1 Å². The maximum atomic E-state index is 5.62. The first kappa shape index (κ1) is 11.2. The third kappa shape index (κ3) is 1.96. The van der Waals surface area contributed by atoms with E-state index in [0.717, 1.165) is 4.47 Å². The summed E-state index contributed by atoms with van der Waals surface area (Å²) in [5.74, 6) is 0. The fraction of sp³-hybridized carbons (Fsp3) is 0.111. The zero-order valence-corrected chi connectivity index (χ0v) is 10.9. The molecule has 13 heavy (non-hydrogen) atoms. The molecule has 2 N–H and O–H groups in total. The zero-order valence-electron chi connectivity index (χ0n) is 6.79. The lowest BCUT2D eigenvalue weighted by Gasteiger charge is -1.97. The molecule has 1 nitrogen and oxygen atoms in total. The summed E-state index contributed by atoms with van der Waals surface area (Å²) in [7, 11) is 0. The minimum absolute atomic E-state index is 0. The molecule has 2 rings (SSSR count). The van der Waals surface area contributed by atoms with Crippen LogP contribution in [0.4, 0.5) is 0 Å². The molecular formula is C9H9Br2NS. The maximum absolute atomic E-state index is 5.62. The molecule has 0 unspecified atom stereocenters. The van der Waals surface area contributed by atoms with Gasteiger partial charge in [-0.25, -0.2) is 0 Å². The highest BCUT2D eigenvalue weighted by Gasteiger charge is 2.03. The van der Waals surface area contributed by atoms with E-state index >= 15 is 0 Å². The molecule has 0 saturated heterocycles. The van der Waals surface area contributed by atoms with E-state index in [4.69, 9.17) is 5.73 Å². The molecule has 70 valence electrons. The molecule has 0 atom stereocenters. The summed E-state index contributed by atoms with van der Waals surface area (Å²) in [5.41, 5.74) is 6.84. The normalized spacial score (nSPS) is 10.0. The standard InChI is InChI=1S/C9H8BrNS.BrH/c10-8-5-12-9-6(4-11)2-1-3-7(8)9;/h1-3,5H,4,11H2;1H. The lowest BCUT2D eigenvalue weighted by molar-refractivity contribution is 1.09. The predicted molar refractivity (Wildman–Crippen MR) is 67.7 cm³/mol. The molecule has 0 saturated carbocycles. The first-order valence-corrected chi connectivity index (χ1v) is 5.35. The van der Waals surface area contributed by atoms with Crippen molar-refractivity contribution in [3.05, 3.63) is 33.6 Å². The van der Waals surface area contributed by atoms with E-state index < -0.39 is 0 Å². The van der Waals surface area contributed by atoms with Gasteiger partial charge < -0.3 is 5.73 Å². The second kappa shape index (κ2) is 4.55. The van der Waals surface area contributed by atoms with Gasteiger partial charge in [-0.1, -0.05) is 18.2 Å². The van der Waals surface area contributed by atoms with Crippen molar-refractivity contribution >= 4 is 54.3 Å². The fourth-order valence-corrected chi connectivity index (χ4v) is 2.94. The van der Waals surface area contributed by atoms with Crippen LogP contribution in [0.5, 0.6) is 0 Å². The Hall–Kier alpha value is 0.1000. The van der Waals surface area contributed by atoms with Crippen molar-refractivity contribution in [3.63, 3.8) is 0 Å². The van der Waals surface area contributed by atoms with E-state index in [-0.39, 0.29) is 17.0 Å². The minimum atomic E-state index is 0. The van der Waals surface area contributed by atoms with E-state index in [2.05, 4.69) is 33.4 Å². The quantitative estimate of drug-likeness (QED) is 0.851. The number of halogens is 2. The van der Waals surface area contributed by atoms with Crippen LogP contribution in [0, 0.1) is 0 Å². The lowest BCUT2D eigenvalue weighted by Crippen LogP contribution is -1.95. The summed E-state index contributed by atoms with van der Waals surface area (Å²) in [6.07, 6.45) is 0. The molecular weight excluding hydrogens is 314 g/mol. The molecule has 0 fully saturated rings. The number of hydrogen-bond donors (Lipinski definition) is 1. The minimum Gasteiger partial charge on any atom is -0.326 e. The number of fused-ring (bicyclic) bond motifs is 1. The number of thiophene rings is 1. The van der Waals surface area contributed by atoms with Crippen molar-refractivity contribution < 1.29 is 0 Å². The van der Waals surface area contributed by atoms with Crippen molar-refractivity contribution in [1.82, 2.24) is 0 Å². The number of hydrogen-bond acceptors (Lipinski definition) is 2. The summed E-state index contributed by atoms with van der Waals surface area (Å²) in [4.78, 5) is 0. The molecule has 2 aromatic rings. The van der Waals surface area contributed by atoms with Gasteiger partial charge in [-0.05, 0) is 21.5 Å². The van der Waals surface area contributed by atoms with Gasteiger partial charge in [-0.15, -0.1) is 28.3 Å². The Morgan fingerprint density at radius 3 is 2.85 bits per heavy atom. The largest absolute Gasteiger partial charge is 0.326 e. The average Bonchev–Trinajstić information content (AvgIpc) is 2.48. The van der Waals surface area contributed by atoms with Crippen molar-refractivity contribution in [3.8, 4) is 0 Å². The van der Waals surface area contributed by atoms with Gasteiger partial charge >= 0.3 is 0 Å². The molecule has 1 aromatic heterocycles. The van der Waals surface area contributed by atoms with Crippen molar-refractivity contribution in [2.45, 2.75) is 6.54 Å². The molecule has 0 spiro atoms. The summed E-state index contributed by atoms with van der Waals surface area (Å²) in [5, 5.41) is 3.37. The molecule has 1 aromatic carbocycles. The summed E-state index contributed by atoms with van der Waals surface area (Å²) >= 11 is 5.24. The first-order valence-electron chi connectivity index (χ1n) is 3.67. The summed E-state index contributed by atoms with van der Waals surface area (Å²) < 4.78 is 2.46. The molecule has 0 amide bonds. The van der Waals surface area contributed by atoms with Crippen LogP contribution in [-0.4, -0.2) is 0 Å². The second-order valence-corrected chi connectivity index (χ2v) is 4.32. The third-order valence-corrected chi connectivity index (χ3v) is 3.88. The van der Waals surface area contributed by atoms with Crippen LogP contribution in [0.2, 0.25) is 0 Å². The third-order valence-electron chi connectivity index (χ3n) is 1.85. The van der Waals surface area contributed by atoms with Crippen LogP contribution in [0.3, 0.4) is 0 Å². The van der Waals surface area contributed by atoms with E-state index in [9.17, 15) is 0 Å². The Morgan fingerprint density at radius 2 is 2.15 bits per heavy atom. The molecule has 4 heteroatoms. The van der Waals surface area contributed by atoms with Crippen molar-refractivity contribution in [2.24, 2.45) is 5.73 Å². The highest BCUT2D eigenvalue weighted by Crippen LogP contribution is 2.32. The summed E-state index contributed by atoms with van der Waals surface area (Å²) in [6.45, 7) is 0.615.